The normalized spacial score (nSPS) is 37.5. The van der Waals surface area contributed by atoms with Crippen molar-refractivity contribution in [2.45, 2.75) is 81.6 Å². The smallest absolute Gasteiger partial charge is 0.157 e. The fourth-order valence-corrected chi connectivity index (χ4v) is 4.66. The summed E-state index contributed by atoms with van der Waals surface area (Å²) in [6, 6.07) is 1.12. The Hall–Kier alpha value is -1.07. The molecule has 0 radical (unpaired) electrons. The van der Waals surface area contributed by atoms with Gasteiger partial charge in [0.05, 0.1) is 18.0 Å². The van der Waals surface area contributed by atoms with E-state index >= 15 is 0 Å². The van der Waals surface area contributed by atoms with E-state index < -0.39 is 0 Å². The van der Waals surface area contributed by atoms with Gasteiger partial charge in [-0.1, -0.05) is 0 Å². The van der Waals surface area contributed by atoms with Crippen molar-refractivity contribution in [3.05, 3.63) is 12.4 Å². The van der Waals surface area contributed by atoms with Gasteiger partial charge in [-0.05, 0) is 57.8 Å². The highest BCUT2D eigenvalue weighted by atomic mass is 16.5. The molecule has 1 aromatic heterocycles. The molecule has 2 aliphatic carbocycles. The Morgan fingerprint density at radius 1 is 1.22 bits per heavy atom. The molecule has 5 nitrogen and oxygen atoms in total. The minimum atomic E-state index is 0.236. The maximum atomic E-state index is 6.17. The van der Waals surface area contributed by atoms with E-state index in [1.807, 2.05) is 19.4 Å². The molecule has 4 rings (SSSR count). The summed E-state index contributed by atoms with van der Waals surface area (Å²) in [6.07, 6.45) is 15.2. The van der Waals surface area contributed by atoms with Crippen LogP contribution in [-0.4, -0.2) is 40.2 Å². The average molecular weight is 319 g/mol. The van der Waals surface area contributed by atoms with Crippen molar-refractivity contribution in [3.8, 4) is 5.75 Å². The van der Waals surface area contributed by atoms with Gasteiger partial charge >= 0.3 is 0 Å². The van der Waals surface area contributed by atoms with Crippen LogP contribution in [0.4, 0.5) is 0 Å². The second-order valence-electron chi connectivity index (χ2n) is 7.62. The maximum Gasteiger partial charge on any atom is 0.157 e. The van der Waals surface area contributed by atoms with Gasteiger partial charge in [0, 0.05) is 25.7 Å². The van der Waals surface area contributed by atoms with Gasteiger partial charge in [-0.15, -0.1) is 0 Å². The van der Waals surface area contributed by atoms with Crippen molar-refractivity contribution in [1.29, 1.82) is 0 Å². The standard InChI is InChI=1S/C18H29N3O2/c1-21-13-15(12-19-21)23-17-5-2-4-16(17)20-14-6-9-18(10-7-14)8-3-11-22-18/h12-14,16-17,20H,2-11H2,1H3/t14?,16-,17+,18?/m0/s1. The second kappa shape index (κ2) is 6.44. The molecule has 128 valence electrons. The van der Waals surface area contributed by atoms with Gasteiger partial charge in [-0.25, -0.2) is 0 Å². The molecule has 1 aliphatic heterocycles. The lowest BCUT2D eigenvalue weighted by molar-refractivity contribution is -0.0315. The molecule has 2 saturated carbocycles. The van der Waals surface area contributed by atoms with Crippen LogP contribution in [0, 0.1) is 0 Å². The monoisotopic (exact) mass is 319 g/mol. The molecule has 23 heavy (non-hydrogen) atoms. The Morgan fingerprint density at radius 2 is 2.09 bits per heavy atom. The largest absolute Gasteiger partial charge is 0.486 e. The zero-order valence-corrected chi connectivity index (χ0v) is 14.2. The van der Waals surface area contributed by atoms with E-state index in [-0.39, 0.29) is 11.7 Å². The molecule has 1 saturated heterocycles. The Kier molecular flexibility index (Phi) is 4.33. The summed E-state index contributed by atoms with van der Waals surface area (Å²) in [5.41, 5.74) is 0.236. The average Bonchev–Trinajstić information content (AvgIpc) is 3.26. The van der Waals surface area contributed by atoms with Crippen molar-refractivity contribution in [2.24, 2.45) is 7.05 Å². The third-order valence-corrected chi connectivity index (χ3v) is 5.95. The van der Waals surface area contributed by atoms with Crippen LogP contribution in [0.15, 0.2) is 12.4 Å². The minimum Gasteiger partial charge on any atom is -0.486 e. The summed E-state index contributed by atoms with van der Waals surface area (Å²) >= 11 is 0. The topological polar surface area (TPSA) is 48.3 Å². The SMILES string of the molecule is Cn1cc(O[C@@H]2CCC[C@@H]2NC2CCC3(CCCO3)CC2)cn1. The summed E-state index contributed by atoms with van der Waals surface area (Å²) in [6.45, 7) is 0.974. The zero-order chi connectivity index (χ0) is 15.7. The molecule has 5 heteroatoms. The molecule has 3 aliphatic rings. The second-order valence-corrected chi connectivity index (χ2v) is 7.62. The number of hydrogen-bond acceptors (Lipinski definition) is 4. The van der Waals surface area contributed by atoms with Gasteiger partial charge in [0.25, 0.3) is 0 Å². The van der Waals surface area contributed by atoms with E-state index in [1.165, 1.54) is 51.4 Å². The molecule has 0 aromatic carbocycles. The molecule has 1 spiro atoms. The molecular weight excluding hydrogens is 290 g/mol. The van der Waals surface area contributed by atoms with Gasteiger partial charge in [0.15, 0.2) is 5.75 Å². The Bertz CT molecular complexity index is 514. The summed E-state index contributed by atoms with van der Waals surface area (Å²) in [5.74, 6) is 0.896. The van der Waals surface area contributed by atoms with Crippen molar-refractivity contribution >= 4 is 0 Å². The quantitative estimate of drug-likeness (QED) is 0.927. The molecular formula is C18H29N3O2. The molecule has 2 heterocycles. The van der Waals surface area contributed by atoms with E-state index in [0.717, 1.165) is 18.8 Å². The number of hydrogen-bond donors (Lipinski definition) is 1. The molecule has 2 atom stereocenters. The highest BCUT2D eigenvalue weighted by molar-refractivity contribution is 5.13. The summed E-state index contributed by atoms with van der Waals surface area (Å²) in [7, 11) is 1.93. The first-order valence-electron chi connectivity index (χ1n) is 9.28. The number of rotatable bonds is 4. The number of aromatic nitrogens is 2. The molecule has 0 unspecified atom stereocenters. The molecule has 0 amide bonds. The minimum absolute atomic E-state index is 0.236. The molecule has 1 aromatic rings. The van der Waals surface area contributed by atoms with Crippen LogP contribution in [0.25, 0.3) is 0 Å². The van der Waals surface area contributed by atoms with Crippen LogP contribution in [-0.2, 0) is 11.8 Å². The number of nitrogens with one attached hydrogen (secondary N) is 1. The number of aryl methyl sites for hydroxylation is 1. The Morgan fingerprint density at radius 3 is 2.78 bits per heavy atom. The van der Waals surface area contributed by atoms with Crippen molar-refractivity contribution in [2.75, 3.05) is 6.61 Å². The predicted molar refractivity (Wildman–Crippen MR) is 88.6 cm³/mol. The van der Waals surface area contributed by atoms with E-state index in [9.17, 15) is 0 Å². The van der Waals surface area contributed by atoms with Crippen LogP contribution in [0.2, 0.25) is 0 Å². The zero-order valence-electron chi connectivity index (χ0n) is 14.2. The lowest BCUT2D eigenvalue weighted by Gasteiger charge is -2.38. The van der Waals surface area contributed by atoms with Gasteiger partial charge in [0.2, 0.25) is 0 Å². The summed E-state index contributed by atoms with van der Waals surface area (Å²) in [5, 5.41) is 8.09. The van der Waals surface area contributed by atoms with Crippen LogP contribution >= 0.6 is 0 Å². The number of ether oxygens (including phenoxy) is 2. The van der Waals surface area contributed by atoms with E-state index in [2.05, 4.69) is 10.4 Å². The fourth-order valence-electron chi connectivity index (χ4n) is 4.66. The molecule has 1 N–H and O–H groups in total. The summed E-state index contributed by atoms with van der Waals surface area (Å²) in [4.78, 5) is 0. The lowest BCUT2D eigenvalue weighted by Crippen LogP contribution is -2.48. The predicted octanol–water partition coefficient (Wildman–Crippen LogP) is 2.80. The van der Waals surface area contributed by atoms with Crippen LogP contribution < -0.4 is 10.1 Å². The first-order chi connectivity index (χ1) is 11.2. The van der Waals surface area contributed by atoms with Crippen molar-refractivity contribution in [1.82, 2.24) is 15.1 Å². The van der Waals surface area contributed by atoms with Gasteiger partial charge in [-0.2, -0.15) is 5.10 Å². The van der Waals surface area contributed by atoms with E-state index in [0.29, 0.717) is 12.1 Å². The molecule has 3 fully saturated rings. The third kappa shape index (κ3) is 3.41. The lowest BCUT2D eigenvalue weighted by atomic mass is 9.80. The van der Waals surface area contributed by atoms with E-state index in [4.69, 9.17) is 9.47 Å². The fraction of sp³-hybridized carbons (Fsp3) is 0.833. The summed E-state index contributed by atoms with van der Waals surface area (Å²) < 4.78 is 14.0. The first kappa shape index (κ1) is 15.5. The van der Waals surface area contributed by atoms with Crippen LogP contribution in [0.5, 0.6) is 5.75 Å². The van der Waals surface area contributed by atoms with Gasteiger partial charge < -0.3 is 14.8 Å². The van der Waals surface area contributed by atoms with Gasteiger partial charge in [0.1, 0.15) is 6.10 Å². The Labute approximate surface area is 138 Å². The van der Waals surface area contributed by atoms with Gasteiger partial charge in [-0.3, -0.25) is 4.68 Å². The number of nitrogens with zero attached hydrogens (tertiary/aromatic N) is 2. The van der Waals surface area contributed by atoms with Crippen molar-refractivity contribution in [3.63, 3.8) is 0 Å². The van der Waals surface area contributed by atoms with Crippen LogP contribution in [0.1, 0.15) is 57.8 Å². The maximum absolute atomic E-state index is 6.17. The van der Waals surface area contributed by atoms with E-state index in [1.54, 1.807) is 4.68 Å². The first-order valence-corrected chi connectivity index (χ1v) is 9.28. The third-order valence-electron chi connectivity index (χ3n) is 5.95. The van der Waals surface area contributed by atoms with Crippen molar-refractivity contribution < 1.29 is 9.47 Å². The molecule has 0 bridgehead atoms. The Balaban J connectivity index is 1.29. The highest BCUT2D eigenvalue weighted by Crippen LogP contribution is 2.39. The van der Waals surface area contributed by atoms with Crippen LogP contribution in [0.3, 0.4) is 0 Å². The highest BCUT2D eigenvalue weighted by Gasteiger charge is 2.40.